The van der Waals surface area contributed by atoms with E-state index in [1.807, 2.05) is 6.07 Å². The van der Waals surface area contributed by atoms with E-state index in [2.05, 4.69) is 15.2 Å². The lowest BCUT2D eigenvalue weighted by atomic mass is 10.2. The molecule has 1 amide bonds. The zero-order valence-electron chi connectivity index (χ0n) is 10.0. The fourth-order valence-corrected chi connectivity index (χ4v) is 2.19. The summed E-state index contributed by atoms with van der Waals surface area (Å²) in [5, 5.41) is 2.94. The van der Waals surface area contributed by atoms with Crippen LogP contribution in [0, 0.1) is 0 Å². The van der Waals surface area contributed by atoms with Crippen molar-refractivity contribution < 1.29 is 4.79 Å². The van der Waals surface area contributed by atoms with Gasteiger partial charge in [-0.2, -0.15) is 0 Å². The fraction of sp³-hybridized carbons (Fsp3) is 0.500. The number of likely N-dealkylation sites (tertiary alicyclic amines) is 1. The summed E-state index contributed by atoms with van der Waals surface area (Å²) in [6.45, 7) is 4.22. The molecule has 1 aliphatic rings. The number of nitrogens with zero attached hydrogens (tertiary/aromatic N) is 2. The van der Waals surface area contributed by atoms with E-state index in [0.717, 1.165) is 37.4 Å². The van der Waals surface area contributed by atoms with Crippen molar-refractivity contribution in [2.75, 3.05) is 18.8 Å². The summed E-state index contributed by atoms with van der Waals surface area (Å²) in [5.74, 6) is 0.0407. The molecular formula is C12H18N4O. The zero-order chi connectivity index (χ0) is 12.3. The summed E-state index contributed by atoms with van der Waals surface area (Å²) < 4.78 is 0. The first-order valence-electron chi connectivity index (χ1n) is 5.83. The molecule has 3 N–H and O–H groups in total. The largest absolute Gasteiger partial charge is 0.399 e. The van der Waals surface area contributed by atoms with E-state index >= 15 is 0 Å². The molecule has 0 bridgehead atoms. The molecule has 1 aliphatic heterocycles. The number of carbonyl (C=O) groups is 1. The van der Waals surface area contributed by atoms with Gasteiger partial charge in [-0.15, -0.1) is 0 Å². The number of aromatic nitrogens is 1. The highest BCUT2D eigenvalue weighted by molar-refractivity contribution is 5.73. The van der Waals surface area contributed by atoms with Gasteiger partial charge in [-0.05, 0) is 18.6 Å². The molecule has 0 radical (unpaired) electrons. The maximum Gasteiger partial charge on any atom is 0.217 e. The summed E-state index contributed by atoms with van der Waals surface area (Å²) in [7, 11) is 0. The Bertz CT molecular complexity index is 407. The molecular weight excluding hydrogens is 216 g/mol. The second kappa shape index (κ2) is 5.14. The Balaban J connectivity index is 1.87. The molecule has 5 heteroatoms. The topological polar surface area (TPSA) is 71.2 Å². The average molecular weight is 234 g/mol. The monoisotopic (exact) mass is 234 g/mol. The predicted octanol–water partition coefficient (Wildman–Crippen LogP) is 0.374. The molecule has 0 aliphatic carbocycles. The average Bonchev–Trinajstić information content (AvgIpc) is 2.64. The molecule has 92 valence electrons. The van der Waals surface area contributed by atoms with Crippen molar-refractivity contribution in [3.05, 3.63) is 24.0 Å². The zero-order valence-corrected chi connectivity index (χ0v) is 10.0. The summed E-state index contributed by atoms with van der Waals surface area (Å²) in [5.41, 5.74) is 7.43. The maximum absolute atomic E-state index is 11.0. The maximum atomic E-state index is 11.0. The first-order chi connectivity index (χ1) is 8.13. The van der Waals surface area contributed by atoms with Gasteiger partial charge in [0.2, 0.25) is 5.91 Å². The number of hydrogen-bond donors (Lipinski definition) is 2. The Kier molecular flexibility index (Phi) is 3.58. The molecule has 1 fully saturated rings. The van der Waals surface area contributed by atoms with Gasteiger partial charge in [0.15, 0.2) is 0 Å². The minimum Gasteiger partial charge on any atom is -0.399 e. The van der Waals surface area contributed by atoms with Crippen molar-refractivity contribution in [2.45, 2.75) is 25.9 Å². The van der Waals surface area contributed by atoms with Crippen LogP contribution < -0.4 is 11.1 Å². The van der Waals surface area contributed by atoms with E-state index in [-0.39, 0.29) is 11.9 Å². The number of carbonyl (C=O) groups excluding carboxylic acids is 1. The number of rotatable bonds is 3. The minimum atomic E-state index is 0.0407. The lowest BCUT2D eigenvalue weighted by Crippen LogP contribution is -2.35. The van der Waals surface area contributed by atoms with Crippen molar-refractivity contribution >= 4 is 11.6 Å². The smallest absolute Gasteiger partial charge is 0.217 e. The number of amides is 1. The molecule has 1 unspecified atom stereocenters. The molecule has 5 nitrogen and oxygen atoms in total. The van der Waals surface area contributed by atoms with Gasteiger partial charge in [0.25, 0.3) is 0 Å². The van der Waals surface area contributed by atoms with Gasteiger partial charge in [-0.1, -0.05) is 0 Å². The molecule has 1 saturated heterocycles. The quantitative estimate of drug-likeness (QED) is 0.793. The normalized spacial score (nSPS) is 20.4. The first-order valence-corrected chi connectivity index (χ1v) is 5.83. The van der Waals surface area contributed by atoms with Crippen LogP contribution in [-0.2, 0) is 11.3 Å². The molecule has 1 aromatic rings. The third kappa shape index (κ3) is 3.42. The predicted molar refractivity (Wildman–Crippen MR) is 66.1 cm³/mol. The summed E-state index contributed by atoms with van der Waals surface area (Å²) >= 11 is 0. The number of nitrogen functional groups attached to an aromatic ring is 1. The van der Waals surface area contributed by atoms with Crippen molar-refractivity contribution in [1.82, 2.24) is 15.2 Å². The molecule has 17 heavy (non-hydrogen) atoms. The number of pyridine rings is 1. The molecule has 0 saturated carbocycles. The second-order valence-corrected chi connectivity index (χ2v) is 4.50. The number of hydrogen-bond acceptors (Lipinski definition) is 4. The van der Waals surface area contributed by atoms with Gasteiger partial charge >= 0.3 is 0 Å². The lowest BCUT2D eigenvalue weighted by molar-refractivity contribution is -0.119. The summed E-state index contributed by atoms with van der Waals surface area (Å²) in [6.07, 6.45) is 2.73. The van der Waals surface area contributed by atoms with Gasteiger partial charge in [-0.25, -0.2) is 0 Å². The van der Waals surface area contributed by atoms with Crippen molar-refractivity contribution in [2.24, 2.45) is 0 Å². The molecule has 0 aromatic carbocycles. The van der Waals surface area contributed by atoms with Gasteiger partial charge in [0.1, 0.15) is 0 Å². The van der Waals surface area contributed by atoms with Crippen LogP contribution in [-0.4, -0.2) is 34.9 Å². The van der Waals surface area contributed by atoms with E-state index in [9.17, 15) is 4.79 Å². The summed E-state index contributed by atoms with van der Waals surface area (Å²) in [6, 6.07) is 3.95. The number of anilines is 1. The van der Waals surface area contributed by atoms with Crippen LogP contribution in [0.15, 0.2) is 18.3 Å². The van der Waals surface area contributed by atoms with Crippen molar-refractivity contribution in [1.29, 1.82) is 0 Å². The Hall–Kier alpha value is -1.62. The highest BCUT2D eigenvalue weighted by Gasteiger charge is 2.22. The molecule has 1 aromatic heterocycles. The Labute approximate surface area is 101 Å². The Morgan fingerprint density at radius 1 is 1.71 bits per heavy atom. The van der Waals surface area contributed by atoms with E-state index in [1.54, 1.807) is 19.2 Å². The van der Waals surface area contributed by atoms with E-state index < -0.39 is 0 Å². The molecule has 0 spiro atoms. The highest BCUT2D eigenvalue weighted by atomic mass is 16.1. The van der Waals surface area contributed by atoms with E-state index in [4.69, 9.17) is 5.73 Å². The second-order valence-electron chi connectivity index (χ2n) is 4.50. The Morgan fingerprint density at radius 2 is 2.53 bits per heavy atom. The van der Waals surface area contributed by atoms with Gasteiger partial charge in [0, 0.05) is 44.5 Å². The lowest BCUT2D eigenvalue weighted by Gasteiger charge is -2.15. The number of nitrogens with one attached hydrogen (secondary N) is 1. The van der Waals surface area contributed by atoms with E-state index in [0.29, 0.717) is 0 Å². The minimum absolute atomic E-state index is 0.0407. The SMILES string of the molecule is CC(=O)NC1CCN(Cc2cc(N)ccn2)C1. The molecule has 2 heterocycles. The third-order valence-electron chi connectivity index (χ3n) is 2.91. The van der Waals surface area contributed by atoms with Crippen LogP contribution in [0.5, 0.6) is 0 Å². The first kappa shape index (κ1) is 11.9. The van der Waals surface area contributed by atoms with Gasteiger partial charge in [0.05, 0.1) is 5.69 Å². The summed E-state index contributed by atoms with van der Waals surface area (Å²) in [4.78, 5) is 17.5. The van der Waals surface area contributed by atoms with Gasteiger partial charge < -0.3 is 11.1 Å². The van der Waals surface area contributed by atoms with Crippen LogP contribution in [0.3, 0.4) is 0 Å². The highest BCUT2D eigenvalue weighted by Crippen LogP contribution is 2.13. The van der Waals surface area contributed by atoms with Crippen LogP contribution >= 0.6 is 0 Å². The van der Waals surface area contributed by atoms with E-state index in [1.165, 1.54) is 0 Å². The van der Waals surface area contributed by atoms with Gasteiger partial charge in [-0.3, -0.25) is 14.7 Å². The fourth-order valence-electron chi connectivity index (χ4n) is 2.19. The Morgan fingerprint density at radius 3 is 3.24 bits per heavy atom. The third-order valence-corrected chi connectivity index (χ3v) is 2.91. The van der Waals surface area contributed by atoms with Crippen molar-refractivity contribution in [3.8, 4) is 0 Å². The van der Waals surface area contributed by atoms with Crippen molar-refractivity contribution in [3.63, 3.8) is 0 Å². The molecule has 1 atom stereocenters. The van der Waals surface area contributed by atoms with Crippen LogP contribution in [0.25, 0.3) is 0 Å². The molecule has 2 rings (SSSR count). The standard InChI is InChI=1S/C12H18N4O/c1-9(17)15-11-3-5-16(7-11)8-12-6-10(13)2-4-14-12/h2,4,6,11H,3,5,7-8H2,1H3,(H2,13,14)(H,15,17). The van der Waals surface area contributed by atoms with Crippen LogP contribution in [0.2, 0.25) is 0 Å². The van der Waals surface area contributed by atoms with Crippen LogP contribution in [0.4, 0.5) is 5.69 Å². The van der Waals surface area contributed by atoms with Crippen LogP contribution in [0.1, 0.15) is 19.0 Å². The number of nitrogens with two attached hydrogens (primary N) is 1.